The molecule has 0 radical (unpaired) electrons. The molecule has 22 heavy (non-hydrogen) atoms. The molecule has 0 saturated carbocycles. The van der Waals surface area contributed by atoms with E-state index in [1.54, 1.807) is 18.4 Å². The molecular weight excluding hydrogens is 296 g/mol. The van der Waals surface area contributed by atoms with Crippen LogP contribution in [0.1, 0.15) is 21.1 Å². The van der Waals surface area contributed by atoms with Gasteiger partial charge in [-0.2, -0.15) is 0 Å². The second-order valence-corrected chi connectivity index (χ2v) is 6.27. The SMILES string of the molecule is COCc1ccccc1NC(N)=NCCc1nc(C)c(C)s1. The number of nitrogens with zero attached hydrogens (tertiary/aromatic N) is 2. The molecule has 118 valence electrons. The molecule has 1 aromatic heterocycles. The van der Waals surface area contributed by atoms with Crippen LogP contribution in [0.3, 0.4) is 0 Å². The summed E-state index contributed by atoms with van der Waals surface area (Å²) in [6.07, 6.45) is 0.807. The molecule has 3 N–H and O–H groups in total. The van der Waals surface area contributed by atoms with Gasteiger partial charge in [0.2, 0.25) is 0 Å². The summed E-state index contributed by atoms with van der Waals surface area (Å²) >= 11 is 1.72. The number of guanidine groups is 1. The van der Waals surface area contributed by atoms with Crippen molar-refractivity contribution in [2.45, 2.75) is 26.9 Å². The first-order valence-corrected chi connectivity index (χ1v) is 7.98. The molecule has 0 aliphatic carbocycles. The Morgan fingerprint density at radius 2 is 2.14 bits per heavy atom. The molecule has 0 aliphatic heterocycles. The molecule has 1 heterocycles. The minimum absolute atomic E-state index is 0.411. The van der Waals surface area contributed by atoms with Crippen molar-refractivity contribution in [2.24, 2.45) is 10.7 Å². The average molecular weight is 318 g/mol. The minimum atomic E-state index is 0.411. The maximum atomic E-state index is 5.95. The first kappa shape index (κ1) is 16.5. The Labute approximate surface area is 135 Å². The fraction of sp³-hybridized carbons (Fsp3) is 0.375. The molecule has 5 nitrogen and oxygen atoms in total. The van der Waals surface area contributed by atoms with Crippen molar-refractivity contribution in [3.8, 4) is 0 Å². The molecule has 2 aromatic rings. The zero-order valence-corrected chi connectivity index (χ0v) is 14.0. The number of thiazole rings is 1. The number of nitrogens with two attached hydrogens (primary N) is 1. The lowest BCUT2D eigenvalue weighted by atomic mass is 10.2. The van der Waals surface area contributed by atoms with Gasteiger partial charge in [0.25, 0.3) is 0 Å². The number of hydrogen-bond donors (Lipinski definition) is 2. The van der Waals surface area contributed by atoms with Crippen molar-refractivity contribution in [1.29, 1.82) is 0 Å². The highest BCUT2D eigenvalue weighted by Crippen LogP contribution is 2.17. The Kier molecular flexibility index (Phi) is 5.91. The third-order valence-electron chi connectivity index (χ3n) is 3.26. The molecule has 0 aliphatic rings. The van der Waals surface area contributed by atoms with Gasteiger partial charge in [0.1, 0.15) is 0 Å². The third-order valence-corrected chi connectivity index (χ3v) is 4.39. The Morgan fingerprint density at radius 3 is 2.82 bits per heavy atom. The van der Waals surface area contributed by atoms with Crippen molar-refractivity contribution in [3.63, 3.8) is 0 Å². The molecule has 0 amide bonds. The first-order valence-electron chi connectivity index (χ1n) is 7.17. The zero-order chi connectivity index (χ0) is 15.9. The smallest absolute Gasteiger partial charge is 0.193 e. The number of nitrogens with one attached hydrogen (secondary N) is 1. The number of aryl methyl sites for hydroxylation is 2. The van der Waals surface area contributed by atoms with Crippen LogP contribution in [0, 0.1) is 13.8 Å². The molecular formula is C16H22N4OS. The van der Waals surface area contributed by atoms with E-state index in [-0.39, 0.29) is 0 Å². The lowest BCUT2D eigenvalue weighted by Gasteiger charge is -2.10. The predicted octanol–water partition coefficient (Wildman–Crippen LogP) is 2.88. The standard InChI is InChI=1S/C16H22N4OS/c1-11-12(2)22-15(19-11)8-9-18-16(17)20-14-7-5-4-6-13(14)10-21-3/h4-7H,8-10H2,1-3H3,(H3,17,18,20). The summed E-state index contributed by atoms with van der Waals surface area (Å²) < 4.78 is 5.18. The quantitative estimate of drug-likeness (QED) is 0.634. The summed E-state index contributed by atoms with van der Waals surface area (Å²) in [5.74, 6) is 0.411. The van der Waals surface area contributed by atoms with E-state index in [0.29, 0.717) is 19.1 Å². The topological polar surface area (TPSA) is 72.5 Å². The van der Waals surface area contributed by atoms with Crippen molar-refractivity contribution in [3.05, 3.63) is 45.4 Å². The molecule has 2 rings (SSSR count). The van der Waals surface area contributed by atoms with Crippen LogP contribution in [0.25, 0.3) is 0 Å². The summed E-state index contributed by atoms with van der Waals surface area (Å²) in [4.78, 5) is 10.1. The third kappa shape index (κ3) is 4.54. The first-order chi connectivity index (χ1) is 10.6. The zero-order valence-electron chi connectivity index (χ0n) is 13.2. The predicted molar refractivity (Wildman–Crippen MR) is 92.6 cm³/mol. The average Bonchev–Trinajstić information content (AvgIpc) is 2.80. The monoisotopic (exact) mass is 318 g/mol. The van der Waals surface area contributed by atoms with Crippen molar-refractivity contribution in [2.75, 3.05) is 19.0 Å². The second kappa shape index (κ2) is 7.91. The van der Waals surface area contributed by atoms with Gasteiger partial charge in [-0.1, -0.05) is 18.2 Å². The van der Waals surface area contributed by atoms with Crippen molar-refractivity contribution < 1.29 is 4.74 Å². The molecule has 0 bridgehead atoms. The lowest BCUT2D eigenvalue weighted by Crippen LogP contribution is -2.23. The van der Waals surface area contributed by atoms with Gasteiger partial charge < -0.3 is 15.8 Å². The van der Waals surface area contributed by atoms with Gasteiger partial charge in [0.05, 0.1) is 17.3 Å². The summed E-state index contributed by atoms with van der Waals surface area (Å²) in [6.45, 7) is 5.27. The number of hydrogen-bond acceptors (Lipinski definition) is 4. The number of methoxy groups -OCH3 is 1. The summed E-state index contributed by atoms with van der Waals surface area (Å²) in [5, 5.41) is 4.23. The lowest BCUT2D eigenvalue weighted by molar-refractivity contribution is 0.185. The van der Waals surface area contributed by atoms with E-state index in [2.05, 4.69) is 22.2 Å². The van der Waals surface area contributed by atoms with Crippen LogP contribution in [0.15, 0.2) is 29.3 Å². The minimum Gasteiger partial charge on any atom is -0.380 e. The van der Waals surface area contributed by atoms with E-state index in [1.165, 1.54) is 4.88 Å². The van der Waals surface area contributed by atoms with Crippen LogP contribution in [0.2, 0.25) is 0 Å². The highest BCUT2D eigenvalue weighted by Gasteiger charge is 2.04. The van der Waals surface area contributed by atoms with Crippen LogP contribution >= 0.6 is 11.3 Å². The summed E-state index contributed by atoms with van der Waals surface area (Å²) in [6, 6.07) is 7.89. The van der Waals surface area contributed by atoms with Gasteiger partial charge in [0.15, 0.2) is 5.96 Å². The normalized spacial score (nSPS) is 11.7. The van der Waals surface area contributed by atoms with Gasteiger partial charge in [-0.25, -0.2) is 4.98 Å². The van der Waals surface area contributed by atoms with Crippen LogP contribution in [0.5, 0.6) is 0 Å². The number of para-hydroxylation sites is 1. The van der Waals surface area contributed by atoms with Crippen LogP contribution in [-0.4, -0.2) is 24.6 Å². The Morgan fingerprint density at radius 1 is 1.36 bits per heavy atom. The van der Waals surface area contributed by atoms with Crippen molar-refractivity contribution >= 4 is 23.0 Å². The van der Waals surface area contributed by atoms with E-state index in [9.17, 15) is 0 Å². The fourth-order valence-corrected chi connectivity index (χ4v) is 2.94. The Hall–Kier alpha value is -1.92. The van der Waals surface area contributed by atoms with E-state index in [1.807, 2.05) is 31.2 Å². The molecule has 0 saturated heterocycles. The van der Waals surface area contributed by atoms with Crippen LogP contribution in [-0.2, 0) is 17.8 Å². The number of ether oxygens (including phenoxy) is 1. The summed E-state index contributed by atoms with van der Waals surface area (Å²) in [5.41, 5.74) is 9.02. The summed E-state index contributed by atoms with van der Waals surface area (Å²) in [7, 11) is 1.67. The number of benzene rings is 1. The van der Waals surface area contributed by atoms with E-state index in [0.717, 1.165) is 28.4 Å². The largest absolute Gasteiger partial charge is 0.380 e. The number of rotatable bonds is 6. The Balaban J connectivity index is 1.92. The number of aromatic nitrogens is 1. The molecule has 0 spiro atoms. The van der Waals surface area contributed by atoms with E-state index in [4.69, 9.17) is 10.5 Å². The van der Waals surface area contributed by atoms with E-state index >= 15 is 0 Å². The fourth-order valence-electron chi connectivity index (χ4n) is 2.02. The van der Waals surface area contributed by atoms with E-state index < -0.39 is 0 Å². The molecule has 0 fully saturated rings. The van der Waals surface area contributed by atoms with Gasteiger partial charge in [-0.15, -0.1) is 11.3 Å². The number of aliphatic imine (C=N–C) groups is 1. The molecule has 0 atom stereocenters. The van der Waals surface area contributed by atoms with Gasteiger partial charge >= 0.3 is 0 Å². The highest BCUT2D eigenvalue weighted by atomic mass is 32.1. The second-order valence-electron chi connectivity index (χ2n) is 4.98. The maximum absolute atomic E-state index is 5.95. The number of anilines is 1. The molecule has 1 aromatic carbocycles. The van der Waals surface area contributed by atoms with Gasteiger partial charge in [-0.3, -0.25) is 4.99 Å². The molecule has 0 unspecified atom stereocenters. The maximum Gasteiger partial charge on any atom is 0.193 e. The van der Waals surface area contributed by atoms with Crippen LogP contribution < -0.4 is 11.1 Å². The highest BCUT2D eigenvalue weighted by molar-refractivity contribution is 7.11. The molecule has 6 heteroatoms. The van der Waals surface area contributed by atoms with Crippen LogP contribution in [0.4, 0.5) is 5.69 Å². The van der Waals surface area contributed by atoms with Crippen molar-refractivity contribution in [1.82, 2.24) is 4.98 Å². The Bertz CT molecular complexity index is 632. The van der Waals surface area contributed by atoms with Gasteiger partial charge in [-0.05, 0) is 19.9 Å². The van der Waals surface area contributed by atoms with Gasteiger partial charge in [0, 0.05) is 36.2 Å².